The zero-order valence-corrected chi connectivity index (χ0v) is 13.2. The predicted molar refractivity (Wildman–Crippen MR) is 82.2 cm³/mol. The molecule has 0 atom stereocenters. The number of nitrogens with two attached hydrogens (primary N) is 1. The Bertz CT molecular complexity index is 581. The molecule has 0 aliphatic heterocycles. The van der Waals surface area contributed by atoms with Crippen LogP contribution in [0.2, 0.25) is 5.02 Å². The summed E-state index contributed by atoms with van der Waals surface area (Å²) in [5.41, 5.74) is 6.10. The van der Waals surface area contributed by atoms with Crippen molar-refractivity contribution < 1.29 is 8.42 Å². The number of nitrogens with one attached hydrogen (secondary N) is 1. The number of hydrogen-bond donors (Lipinski definition) is 2. The molecule has 1 aromatic rings. The molecule has 0 aromatic heterocycles. The summed E-state index contributed by atoms with van der Waals surface area (Å²) in [6, 6.07) is 4.39. The van der Waals surface area contributed by atoms with Crippen molar-refractivity contribution in [3.63, 3.8) is 0 Å². The van der Waals surface area contributed by atoms with Crippen LogP contribution in [0.5, 0.6) is 0 Å². The number of halogens is 1. The average Bonchev–Trinajstić information content (AvgIpc) is 2.89. The smallest absolute Gasteiger partial charge is 0.240 e. The summed E-state index contributed by atoms with van der Waals surface area (Å²) >= 11 is 5.88. The molecule has 2 rings (SSSR count). The fourth-order valence-electron chi connectivity index (χ4n) is 2.79. The Kier molecular flexibility index (Phi) is 4.62. The second kappa shape index (κ2) is 5.92. The fourth-order valence-corrected chi connectivity index (χ4v) is 4.22. The van der Waals surface area contributed by atoms with Gasteiger partial charge in [0.15, 0.2) is 0 Å². The van der Waals surface area contributed by atoms with Gasteiger partial charge in [0.2, 0.25) is 10.0 Å². The Labute approximate surface area is 125 Å². The van der Waals surface area contributed by atoms with E-state index in [0.29, 0.717) is 12.2 Å². The van der Waals surface area contributed by atoms with Crippen molar-refractivity contribution in [3.8, 4) is 0 Å². The fraction of sp³-hybridized carbons (Fsp3) is 0.571. The Morgan fingerprint density at radius 3 is 2.55 bits per heavy atom. The van der Waals surface area contributed by atoms with Crippen molar-refractivity contribution in [3.05, 3.63) is 23.2 Å². The van der Waals surface area contributed by atoms with Crippen LogP contribution >= 0.6 is 11.6 Å². The number of sulfonamides is 1. The Morgan fingerprint density at radius 2 is 2.00 bits per heavy atom. The van der Waals surface area contributed by atoms with E-state index in [0.717, 1.165) is 19.3 Å². The minimum Gasteiger partial charge on any atom is -0.398 e. The first kappa shape index (κ1) is 15.6. The highest BCUT2D eigenvalue weighted by atomic mass is 35.5. The predicted octanol–water partition coefficient (Wildman–Crippen LogP) is 3.17. The molecular weight excluding hydrogens is 296 g/mol. The van der Waals surface area contributed by atoms with Crippen LogP contribution in [0.4, 0.5) is 5.69 Å². The van der Waals surface area contributed by atoms with Gasteiger partial charge in [-0.15, -0.1) is 0 Å². The SMILES string of the molecule is CCC1(CNS(=O)(=O)c2ccc(N)c(Cl)c2)CCCC1. The summed E-state index contributed by atoms with van der Waals surface area (Å²) in [6.07, 6.45) is 5.55. The molecule has 1 aliphatic rings. The lowest BCUT2D eigenvalue weighted by Gasteiger charge is -2.27. The van der Waals surface area contributed by atoms with Crippen molar-refractivity contribution >= 4 is 27.3 Å². The highest BCUT2D eigenvalue weighted by molar-refractivity contribution is 7.89. The molecule has 20 heavy (non-hydrogen) atoms. The van der Waals surface area contributed by atoms with Crippen LogP contribution in [0.15, 0.2) is 23.1 Å². The van der Waals surface area contributed by atoms with E-state index in [2.05, 4.69) is 11.6 Å². The molecule has 112 valence electrons. The summed E-state index contributed by atoms with van der Waals surface area (Å²) in [6.45, 7) is 2.62. The molecule has 0 spiro atoms. The second-order valence-electron chi connectivity index (χ2n) is 5.57. The number of hydrogen-bond acceptors (Lipinski definition) is 3. The maximum absolute atomic E-state index is 12.3. The van der Waals surface area contributed by atoms with E-state index in [4.69, 9.17) is 17.3 Å². The molecule has 1 fully saturated rings. The molecule has 0 saturated heterocycles. The normalized spacial score (nSPS) is 18.3. The van der Waals surface area contributed by atoms with Gasteiger partial charge in [-0.3, -0.25) is 0 Å². The van der Waals surface area contributed by atoms with Gasteiger partial charge in [0.25, 0.3) is 0 Å². The average molecular weight is 317 g/mol. The van der Waals surface area contributed by atoms with Gasteiger partial charge in [0.1, 0.15) is 0 Å². The quantitative estimate of drug-likeness (QED) is 0.819. The van der Waals surface area contributed by atoms with Crippen LogP contribution in [0.1, 0.15) is 39.0 Å². The van der Waals surface area contributed by atoms with E-state index in [1.165, 1.54) is 31.0 Å². The minimum atomic E-state index is -3.53. The summed E-state index contributed by atoms with van der Waals surface area (Å²) in [4.78, 5) is 0.168. The Hall–Kier alpha value is -0.780. The third-order valence-electron chi connectivity index (χ3n) is 4.33. The maximum Gasteiger partial charge on any atom is 0.240 e. The third-order valence-corrected chi connectivity index (χ3v) is 6.06. The van der Waals surface area contributed by atoms with Gasteiger partial charge in [-0.25, -0.2) is 13.1 Å². The summed E-state index contributed by atoms with van der Waals surface area (Å²) in [5.74, 6) is 0. The molecule has 1 aromatic carbocycles. The summed E-state index contributed by atoms with van der Waals surface area (Å²) in [5, 5.41) is 0.263. The molecule has 4 nitrogen and oxygen atoms in total. The molecule has 0 amide bonds. The van der Waals surface area contributed by atoms with E-state index < -0.39 is 10.0 Å². The largest absolute Gasteiger partial charge is 0.398 e. The zero-order valence-electron chi connectivity index (χ0n) is 11.7. The summed E-state index contributed by atoms with van der Waals surface area (Å²) < 4.78 is 27.3. The second-order valence-corrected chi connectivity index (χ2v) is 7.74. The molecule has 0 heterocycles. The number of rotatable bonds is 5. The molecule has 1 aliphatic carbocycles. The van der Waals surface area contributed by atoms with Crippen molar-refractivity contribution in [2.24, 2.45) is 5.41 Å². The highest BCUT2D eigenvalue weighted by Crippen LogP contribution is 2.40. The molecule has 6 heteroatoms. The molecule has 3 N–H and O–H groups in total. The monoisotopic (exact) mass is 316 g/mol. The van der Waals surface area contributed by atoms with Gasteiger partial charge < -0.3 is 5.73 Å². The van der Waals surface area contributed by atoms with Crippen molar-refractivity contribution in [1.29, 1.82) is 0 Å². The van der Waals surface area contributed by atoms with E-state index >= 15 is 0 Å². The van der Waals surface area contributed by atoms with Crippen molar-refractivity contribution in [2.75, 3.05) is 12.3 Å². The number of nitrogen functional groups attached to an aromatic ring is 1. The topological polar surface area (TPSA) is 72.2 Å². The zero-order chi connectivity index (χ0) is 14.8. The van der Waals surface area contributed by atoms with Crippen molar-refractivity contribution in [1.82, 2.24) is 4.72 Å². The van der Waals surface area contributed by atoms with Gasteiger partial charge in [-0.1, -0.05) is 31.4 Å². The Morgan fingerprint density at radius 1 is 1.35 bits per heavy atom. The minimum absolute atomic E-state index is 0.116. The first-order valence-electron chi connectivity index (χ1n) is 6.93. The first-order valence-corrected chi connectivity index (χ1v) is 8.79. The van der Waals surface area contributed by atoms with Gasteiger partial charge in [-0.2, -0.15) is 0 Å². The van der Waals surface area contributed by atoms with Crippen molar-refractivity contribution in [2.45, 2.75) is 43.9 Å². The van der Waals surface area contributed by atoms with Gasteiger partial charge >= 0.3 is 0 Å². The van der Waals surface area contributed by atoms with Crippen LogP contribution in [-0.2, 0) is 10.0 Å². The van der Waals surface area contributed by atoms with E-state index in [9.17, 15) is 8.42 Å². The molecular formula is C14H21ClN2O2S. The van der Waals surface area contributed by atoms with E-state index in [-0.39, 0.29) is 15.3 Å². The lowest BCUT2D eigenvalue weighted by atomic mass is 9.84. The third kappa shape index (κ3) is 3.27. The molecule has 0 radical (unpaired) electrons. The lowest BCUT2D eigenvalue weighted by molar-refractivity contribution is 0.285. The lowest BCUT2D eigenvalue weighted by Crippen LogP contribution is -2.35. The van der Waals surface area contributed by atoms with Gasteiger partial charge in [0, 0.05) is 6.54 Å². The van der Waals surface area contributed by atoms with Crippen LogP contribution in [-0.4, -0.2) is 15.0 Å². The van der Waals surface area contributed by atoms with E-state index in [1.807, 2.05) is 0 Å². The van der Waals surface area contributed by atoms with Gasteiger partial charge in [0.05, 0.1) is 15.6 Å². The standard InChI is InChI=1S/C14H21ClN2O2S/c1-2-14(7-3-4-8-14)10-17-20(18,19)11-5-6-13(16)12(15)9-11/h5-6,9,17H,2-4,7-8,10,16H2,1H3. The first-order chi connectivity index (χ1) is 9.38. The van der Waals surface area contributed by atoms with Crippen LogP contribution < -0.4 is 10.5 Å². The number of benzene rings is 1. The van der Waals surface area contributed by atoms with Crippen LogP contribution in [0.3, 0.4) is 0 Å². The molecule has 0 bridgehead atoms. The molecule has 0 unspecified atom stereocenters. The van der Waals surface area contributed by atoms with Crippen LogP contribution in [0.25, 0.3) is 0 Å². The van der Waals surface area contributed by atoms with Gasteiger partial charge in [-0.05, 0) is 42.9 Å². The Balaban J connectivity index is 2.13. The summed E-state index contributed by atoms with van der Waals surface area (Å²) in [7, 11) is -3.53. The number of anilines is 1. The van der Waals surface area contributed by atoms with E-state index in [1.54, 1.807) is 0 Å². The maximum atomic E-state index is 12.3. The van der Waals surface area contributed by atoms with Crippen LogP contribution in [0, 0.1) is 5.41 Å². The highest BCUT2D eigenvalue weighted by Gasteiger charge is 2.33. The molecule has 1 saturated carbocycles.